The molecule has 1 atom stereocenters. The number of alkyl carbamates (subject to hydrolysis) is 1. The Morgan fingerprint density at radius 3 is 2.37 bits per heavy atom. The summed E-state index contributed by atoms with van der Waals surface area (Å²) in [6.07, 6.45) is -7.24. The predicted octanol–water partition coefficient (Wildman–Crippen LogP) is 5.59. The van der Waals surface area contributed by atoms with E-state index in [4.69, 9.17) is 9.15 Å². The van der Waals surface area contributed by atoms with Crippen LogP contribution in [0.3, 0.4) is 0 Å². The second-order valence-electron chi connectivity index (χ2n) is 12.6. The van der Waals surface area contributed by atoms with Crippen LogP contribution in [0.4, 0.5) is 36.8 Å². The van der Waals surface area contributed by atoms with Gasteiger partial charge in [-0.1, -0.05) is 12.1 Å². The number of benzene rings is 2. The zero-order valence-corrected chi connectivity index (χ0v) is 26.4. The van der Waals surface area contributed by atoms with Gasteiger partial charge in [-0.05, 0) is 69.7 Å². The first-order valence-electron chi connectivity index (χ1n) is 14.4. The summed E-state index contributed by atoms with van der Waals surface area (Å²) in [5.41, 5.74) is -3.78. The maximum atomic E-state index is 15.9. The van der Waals surface area contributed by atoms with Crippen molar-refractivity contribution in [3.63, 3.8) is 0 Å². The van der Waals surface area contributed by atoms with E-state index in [2.05, 4.69) is 30.9 Å². The summed E-state index contributed by atoms with van der Waals surface area (Å²) in [5.74, 6) is -8.19. The van der Waals surface area contributed by atoms with Crippen molar-refractivity contribution in [2.24, 2.45) is 0 Å². The van der Waals surface area contributed by atoms with Crippen LogP contribution in [-0.4, -0.2) is 54.0 Å². The lowest BCUT2D eigenvalue weighted by atomic mass is 9.96. The van der Waals surface area contributed by atoms with E-state index in [1.165, 1.54) is 58.9 Å². The fraction of sp³-hybridized carbons (Fsp3) is 0.400. The third kappa shape index (κ3) is 7.32. The lowest BCUT2D eigenvalue weighted by molar-refractivity contribution is -0.145. The van der Waals surface area contributed by atoms with Gasteiger partial charge < -0.3 is 19.4 Å². The predicted molar refractivity (Wildman–Crippen MR) is 155 cm³/mol. The SMILES string of the molecule is CC(C)(C)OC(=O)NC1CC(F)(F)c2cc(F)c(-c3nnc(C(C)(C)C#N)o3)cc2N(Cc2ccc(-n3nnc(C(F)(F)F)n3)cc2)C1=O. The molecule has 3 heterocycles. The molecule has 1 aliphatic rings. The van der Waals surface area contributed by atoms with Crippen LogP contribution in [0.5, 0.6) is 0 Å². The fourth-order valence-corrected chi connectivity index (χ4v) is 4.72. The summed E-state index contributed by atoms with van der Waals surface area (Å²) >= 11 is 0. The molecule has 5 rings (SSSR count). The molecule has 0 spiro atoms. The molecule has 0 saturated heterocycles. The number of hydrogen-bond acceptors (Lipinski definition) is 10. The lowest BCUT2D eigenvalue weighted by Gasteiger charge is -2.27. The number of carbonyl (C=O) groups is 2. The molecule has 0 fully saturated rings. The summed E-state index contributed by atoms with van der Waals surface area (Å²) in [5, 5.41) is 28.8. The molecule has 258 valence electrons. The number of fused-ring (bicyclic) bond motifs is 1. The van der Waals surface area contributed by atoms with Gasteiger partial charge in [-0.2, -0.15) is 18.4 Å². The topological polar surface area (TPSA) is 165 Å². The molecule has 0 radical (unpaired) electrons. The van der Waals surface area contributed by atoms with Crippen LogP contribution in [0.25, 0.3) is 17.1 Å². The molecule has 0 saturated carbocycles. The maximum absolute atomic E-state index is 15.9. The lowest BCUT2D eigenvalue weighted by Crippen LogP contribution is -2.49. The molecule has 49 heavy (non-hydrogen) atoms. The molecular formula is C30H27F6N9O4. The average Bonchev–Trinajstić information content (AvgIpc) is 3.69. The Kier molecular flexibility index (Phi) is 8.64. The fourth-order valence-electron chi connectivity index (χ4n) is 4.72. The molecule has 2 aromatic heterocycles. The van der Waals surface area contributed by atoms with Gasteiger partial charge in [0.1, 0.15) is 22.9 Å². The number of rotatable bonds is 6. The van der Waals surface area contributed by atoms with E-state index in [0.29, 0.717) is 10.9 Å². The van der Waals surface area contributed by atoms with Crippen LogP contribution in [0, 0.1) is 17.1 Å². The van der Waals surface area contributed by atoms with E-state index in [1.807, 2.05) is 6.07 Å². The highest BCUT2D eigenvalue weighted by molar-refractivity contribution is 6.00. The van der Waals surface area contributed by atoms with E-state index in [-0.39, 0.29) is 17.1 Å². The smallest absolute Gasteiger partial charge is 0.444 e. The van der Waals surface area contributed by atoms with Crippen LogP contribution in [0.2, 0.25) is 0 Å². The molecular weight excluding hydrogens is 664 g/mol. The second kappa shape index (κ2) is 12.2. The number of tetrazole rings is 1. The number of nitrogens with zero attached hydrogens (tertiary/aromatic N) is 8. The van der Waals surface area contributed by atoms with Crippen LogP contribution >= 0.6 is 0 Å². The normalized spacial score (nSPS) is 16.5. The Morgan fingerprint density at radius 1 is 1.10 bits per heavy atom. The highest BCUT2D eigenvalue weighted by Crippen LogP contribution is 2.45. The third-order valence-electron chi connectivity index (χ3n) is 7.13. The summed E-state index contributed by atoms with van der Waals surface area (Å²) in [6.45, 7) is 7.10. The number of anilines is 1. The molecule has 1 N–H and O–H groups in total. The third-order valence-corrected chi connectivity index (χ3v) is 7.13. The van der Waals surface area contributed by atoms with E-state index >= 15 is 13.2 Å². The second-order valence-corrected chi connectivity index (χ2v) is 12.6. The minimum Gasteiger partial charge on any atom is -0.444 e. The summed E-state index contributed by atoms with van der Waals surface area (Å²) in [4.78, 5) is 28.1. The van der Waals surface area contributed by atoms with Crippen molar-refractivity contribution in [3.8, 4) is 23.2 Å². The van der Waals surface area contributed by atoms with Crippen molar-refractivity contribution in [1.82, 2.24) is 35.7 Å². The number of aromatic nitrogens is 6. The standard InChI is InChI=1S/C30H27F6N9O4/c1-27(2,3)49-26(47)38-20-12-29(32,33)18-11-19(31)17(22-39-41-25(48-22)28(4,5)14-37)10-21(18)44(23(20)46)13-15-6-8-16(9-7-15)45-42-24(40-43-45)30(34,35)36/h6-11,20H,12-13H2,1-5H3,(H,38,47). The molecule has 0 bridgehead atoms. The molecule has 2 aromatic carbocycles. The Labute approximate surface area is 273 Å². The van der Waals surface area contributed by atoms with Gasteiger partial charge in [0.2, 0.25) is 11.8 Å². The van der Waals surface area contributed by atoms with Crippen molar-refractivity contribution in [3.05, 3.63) is 65.1 Å². The quantitative estimate of drug-likeness (QED) is 0.252. The largest absolute Gasteiger partial charge is 0.455 e. The van der Waals surface area contributed by atoms with Crippen LogP contribution < -0.4 is 10.2 Å². The number of alkyl halides is 5. The minimum atomic E-state index is -4.84. The number of hydrogen-bond donors (Lipinski definition) is 1. The van der Waals surface area contributed by atoms with Gasteiger partial charge >= 0.3 is 12.3 Å². The van der Waals surface area contributed by atoms with Crippen molar-refractivity contribution in [1.29, 1.82) is 5.26 Å². The van der Waals surface area contributed by atoms with E-state index < -0.39 is 88.5 Å². The van der Waals surface area contributed by atoms with Crippen molar-refractivity contribution < 1.29 is 45.1 Å². The van der Waals surface area contributed by atoms with Gasteiger partial charge in [0.05, 0.1) is 29.6 Å². The number of nitriles is 1. The van der Waals surface area contributed by atoms with E-state index in [1.54, 1.807) is 0 Å². The number of nitrogens with one attached hydrogen (secondary N) is 1. The van der Waals surface area contributed by atoms with Gasteiger partial charge in [0.25, 0.3) is 17.6 Å². The van der Waals surface area contributed by atoms with Gasteiger partial charge in [-0.25, -0.2) is 18.0 Å². The van der Waals surface area contributed by atoms with Gasteiger partial charge in [-0.3, -0.25) is 4.79 Å². The number of carbonyl (C=O) groups excluding carboxylic acids is 2. The Balaban J connectivity index is 1.58. The first-order chi connectivity index (χ1) is 22.7. The van der Waals surface area contributed by atoms with Crippen LogP contribution in [0.1, 0.15) is 63.9 Å². The van der Waals surface area contributed by atoms with Crippen molar-refractivity contribution in [2.45, 2.75) is 76.7 Å². The summed E-state index contributed by atoms with van der Waals surface area (Å²) in [6, 6.07) is 6.90. The minimum absolute atomic E-state index is 0.0576. The number of halogens is 6. The summed E-state index contributed by atoms with van der Waals surface area (Å²) < 4.78 is 96.9. The van der Waals surface area contributed by atoms with Crippen LogP contribution in [-0.2, 0) is 33.6 Å². The van der Waals surface area contributed by atoms with Gasteiger partial charge in [0, 0.05) is 12.0 Å². The molecule has 0 aliphatic carbocycles. The Hall–Kier alpha value is -5.54. The zero-order chi connectivity index (χ0) is 36.1. The zero-order valence-electron chi connectivity index (χ0n) is 26.4. The number of amides is 2. The highest BCUT2D eigenvalue weighted by atomic mass is 19.4. The first kappa shape index (κ1) is 34.8. The first-order valence-corrected chi connectivity index (χ1v) is 14.4. The molecule has 2 amide bonds. The molecule has 1 unspecified atom stereocenters. The van der Waals surface area contributed by atoms with Crippen molar-refractivity contribution in [2.75, 3.05) is 4.90 Å². The van der Waals surface area contributed by atoms with E-state index in [0.717, 1.165) is 11.0 Å². The highest BCUT2D eigenvalue weighted by Gasteiger charge is 2.47. The van der Waals surface area contributed by atoms with Gasteiger partial charge in [0.15, 0.2) is 0 Å². The Morgan fingerprint density at radius 2 is 1.78 bits per heavy atom. The average molecular weight is 692 g/mol. The monoisotopic (exact) mass is 691 g/mol. The van der Waals surface area contributed by atoms with Gasteiger partial charge in [-0.15, -0.1) is 25.2 Å². The van der Waals surface area contributed by atoms with Crippen molar-refractivity contribution >= 4 is 17.7 Å². The Bertz CT molecular complexity index is 1940. The number of ether oxygens (including phenoxy) is 1. The maximum Gasteiger partial charge on any atom is 0.455 e. The molecule has 13 nitrogen and oxygen atoms in total. The van der Waals surface area contributed by atoms with E-state index in [9.17, 15) is 28.0 Å². The summed E-state index contributed by atoms with van der Waals surface area (Å²) in [7, 11) is 0. The van der Waals surface area contributed by atoms with Crippen LogP contribution in [0.15, 0.2) is 40.8 Å². The molecule has 1 aliphatic heterocycles. The molecule has 19 heteroatoms. The molecule has 4 aromatic rings.